The maximum Gasteiger partial charge on any atom is 0.417 e. The summed E-state index contributed by atoms with van der Waals surface area (Å²) in [4.78, 5) is 23.7. The number of halogens is 12. The summed E-state index contributed by atoms with van der Waals surface area (Å²) < 4.78 is 158. The van der Waals surface area contributed by atoms with Gasteiger partial charge in [-0.25, -0.2) is 12.8 Å². The second-order valence-corrected chi connectivity index (χ2v) is 12.1. The number of hydrogen-bond acceptors (Lipinski definition) is 4. The minimum atomic E-state index is -5.35. The van der Waals surface area contributed by atoms with Crippen molar-refractivity contribution in [2.75, 3.05) is 11.5 Å². The molecule has 1 unspecified atom stereocenters. The third-order valence-corrected chi connectivity index (χ3v) is 8.25. The number of sulfone groups is 1. The van der Waals surface area contributed by atoms with Gasteiger partial charge in [0.15, 0.2) is 21.9 Å². The fourth-order valence-corrected chi connectivity index (χ4v) is 5.91. The molecule has 17 heteroatoms. The van der Waals surface area contributed by atoms with Crippen molar-refractivity contribution in [1.82, 2.24) is 0 Å². The van der Waals surface area contributed by atoms with Gasteiger partial charge in [-0.05, 0) is 35.8 Å². The quantitative estimate of drug-likeness (QED) is 0.144. The minimum absolute atomic E-state index is 0.0588. The van der Waals surface area contributed by atoms with E-state index in [-0.39, 0.29) is 23.5 Å². The van der Waals surface area contributed by atoms with Crippen LogP contribution >= 0.6 is 23.2 Å². The Hall–Kier alpha value is -2.65. The summed E-state index contributed by atoms with van der Waals surface area (Å²) >= 11 is 11.5. The standard InChI is InChI=1S/C25H18Cl2F10O4S/c1-12(10-42(40,41)11-23(29,30)31)4-21(39)16-3-2-13(6-18(16)25(35,36)37)20(28)8-17(24(32,33)34)14-5-15(9-38)22(27)19(26)7-14/h2-3,5-9,12,17H,4,10-11H2,1H3/b20-8-/t12-,17?/m0/s1. The second-order valence-electron chi connectivity index (χ2n) is 9.22. The van der Waals surface area contributed by atoms with Crippen LogP contribution in [0.3, 0.4) is 0 Å². The van der Waals surface area contributed by atoms with E-state index in [9.17, 15) is 57.5 Å². The van der Waals surface area contributed by atoms with Crippen molar-refractivity contribution in [2.24, 2.45) is 5.92 Å². The van der Waals surface area contributed by atoms with Crippen LogP contribution in [0.4, 0.5) is 43.9 Å². The number of carbonyl (C=O) groups excluding carboxylic acids is 2. The first-order valence-corrected chi connectivity index (χ1v) is 13.9. The van der Waals surface area contributed by atoms with Gasteiger partial charge in [0.05, 0.1) is 21.4 Å². The van der Waals surface area contributed by atoms with Crippen molar-refractivity contribution in [3.8, 4) is 0 Å². The molecule has 42 heavy (non-hydrogen) atoms. The van der Waals surface area contributed by atoms with Crippen LogP contribution in [0, 0.1) is 5.92 Å². The first-order valence-electron chi connectivity index (χ1n) is 11.4. The van der Waals surface area contributed by atoms with Crippen molar-refractivity contribution >= 4 is 50.9 Å². The Balaban J connectivity index is 2.49. The SMILES string of the molecule is C[C@@H](CC(=O)c1ccc(/C(F)=C/C(c2cc(Cl)c(Cl)c(C=O)c2)C(F)(F)F)cc1C(F)(F)F)CS(=O)(=O)CC(F)(F)F. The highest BCUT2D eigenvalue weighted by atomic mass is 35.5. The molecule has 0 aromatic heterocycles. The van der Waals surface area contributed by atoms with Crippen LogP contribution in [-0.2, 0) is 16.0 Å². The Morgan fingerprint density at radius 3 is 2.07 bits per heavy atom. The minimum Gasteiger partial charge on any atom is -0.298 e. The number of hydrogen-bond donors (Lipinski definition) is 0. The smallest absolute Gasteiger partial charge is 0.298 e. The summed E-state index contributed by atoms with van der Waals surface area (Å²) in [6.07, 6.45) is -16.6. The molecule has 0 saturated carbocycles. The van der Waals surface area contributed by atoms with Gasteiger partial charge in [-0.3, -0.25) is 9.59 Å². The van der Waals surface area contributed by atoms with E-state index in [0.29, 0.717) is 24.3 Å². The molecule has 4 nitrogen and oxygen atoms in total. The molecule has 232 valence electrons. The molecule has 2 aromatic rings. The van der Waals surface area contributed by atoms with Crippen LogP contribution in [0.15, 0.2) is 36.4 Å². The molecule has 0 aliphatic carbocycles. The molecule has 0 bridgehead atoms. The topological polar surface area (TPSA) is 68.3 Å². The average molecular weight is 675 g/mol. The Kier molecular flexibility index (Phi) is 10.9. The molecule has 0 aliphatic heterocycles. The van der Waals surface area contributed by atoms with Crippen molar-refractivity contribution < 1.29 is 61.9 Å². The third kappa shape index (κ3) is 9.69. The molecule has 0 N–H and O–H groups in total. The molecular weight excluding hydrogens is 657 g/mol. The zero-order valence-corrected chi connectivity index (χ0v) is 23.2. The molecule has 0 amide bonds. The zero-order valence-electron chi connectivity index (χ0n) is 20.9. The van der Waals surface area contributed by atoms with Crippen LogP contribution in [-0.4, -0.2) is 44.3 Å². The summed E-state index contributed by atoms with van der Waals surface area (Å²) in [6.45, 7) is 1.02. The summed E-state index contributed by atoms with van der Waals surface area (Å²) in [7, 11) is -4.76. The first kappa shape index (κ1) is 35.5. The van der Waals surface area contributed by atoms with Crippen LogP contribution in [0.1, 0.15) is 56.7 Å². The highest BCUT2D eigenvalue weighted by molar-refractivity contribution is 7.91. The monoisotopic (exact) mass is 674 g/mol. The Morgan fingerprint density at radius 1 is 0.976 bits per heavy atom. The number of carbonyl (C=O) groups is 2. The molecular formula is C25H18Cl2F10O4S. The summed E-state index contributed by atoms with van der Waals surface area (Å²) in [5.41, 5.74) is -5.13. The van der Waals surface area contributed by atoms with E-state index in [1.807, 2.05) is 0 Å². The number of allylic oxidation sites excluding steroid dienone is 1. The van der Waals surface area contributed by atoms with E-state index in [1.165, 1.54) is 0 Å². The van der Waals surface area contributed by atoms with E-state index in [1.54, 1.807) is 0 Å². The Morgan fingerprint density at radius 2 is 1.57 bits per heavy atom. The molecule has 2 aromatic carbocycles. The van der Waals surface area contributed by atoms with Gasteiger partial charge in [0.1, 0.15) is 17.5 Å². The van der Waals surface area contributed by atoms with Crippen molar-refractivity contribution in [2.45, 2.75) is 37.8 Å². The predicted octanol–water partition coefficient (Wildman–Crippen LogP) is 8.67. The molecule has 0 spiro atoms. The van der Waals surface area contributed by atoms with Gasteiger partial charge < -0.3 is 0 Å². The summed E-state index contributed by atoms with van der Waals surface area (Å²) in [5, 5.41) is -0.870. The number of rotatable bonds is 10. The summed E-state index contributed by atoms with van der Waals surface area (Å²) in [5.74, 6) is -10.7. The van der Waals surface area contributed by atoms with Gasteiger partial charge in [-0.15, -0.1) is 0 Å². The lowest BCUT2D eigenvalue weighted by atomic mass is 9.93. The van der Waals surface area contributed by atoms with Crippen molar-refractivity contribution in [3.05, 3.63) is 74.3 Å². The normalized spacial score (nSPS) is 14.9. The molecule has 0 aliphatic rings. The van der Waals surface area contributed by atoms with Gasteiger partial charge in [0.2, 0.25) is 0 Å². The van der Waals surface area contributed by atoms with Crippen LogP contribution in [0.25, 0.3) is 5.83 Å². The molecule has 0 radical (unpaired) electrons. The summed E-state index contributed by atoms with van der Waals surface area (Å²) in [6, 6.07) is 2.44. The lowest BCUT2D eigenvalue weighted by Crippen LogP contribution is -2.28. The van der Waals surface area contributed by atoms with Crippen molar-refractivity contribution in [3.63, 3.8) is 0 Å². The first-order chi connectivity index (χ1) is 18.9. The van der Waals surface area contributed by atoms with Gasteiger partial charge in [0.25, 0.3) is 0 Å². The molecule has 2 atom stereocenters. The maximum absolute atomic E-state index is 15.0. The lowest BCUT2D eigenvalue weighted by Gasteiger charge is -2.19. The lowest BCUT2D eigenvalue weighted by molar-refractivity contribution is -0.140. The van der Waals surface area contributed by atoms with Crippen LogP contribution in [0.2, 0.25) is 10.0 Å². The number of aldehydes is 1. The Labute approximate surface area is 242 Å². The molecule has 0 saturated heterocycles. The number of ketones is 1. The molecule has 0 heterocycles. The van der Waals surface area contributed by atoms with Crippen LogP contribution < -0.4 is 0 Å². The van der Waals surface area contributed by atoms with E-state index >= 15 is 4.39 Å². The van der Waals surface area contributed by atoms with E-state index in [4.69, 9.17) is 23.2 Å². The van der Waals surface area contributed by atoms with Crippen LogP contribution in [0.5, 0.6) is 0 Å². The maximum atomic E-state index is 15.0. The fraction of sp³-hybridized carbons (Fsp3) is 0.360. The largest absolute Gasteiger partial charge is 0.417 e. The average Bonchev–Trinajstić information content (AvgIpc) is 2.80. The second kappa shape index (κ2) is 12.9. The van der Waals surface area contributed by atoms with E-state index in [2.05, 4.69) is 0 Å². The van der Waals surface area contributed by atoms with E-state index in [0.717, 1.165) is 6.92 Å². The zero-order chi connectivity index (χ0) is 32.4. The third-order valence-electron chi connectivity index (χ3n) is 5.59. The predicted molar refractivity (Wildman–Crippen MR) is 134 cm³/mol. The van der Waals surface area contributed by atoms with Gasteiger partial charge in [-0.1, -0.05) is 42.3 Å². The fourth-order valence-electron chi connectivity index (χ4n) is 3.92. The highest BCUT2D eigenvalue weighted by Crippen LogP contribution is 2.42. The van der Waals surface area contributed by atoms with Gasteiger partial charge >= 0.3 is 18.5 Å². The Bertz CT molecular complexity index is 1480. The molecule has 0 fully saturated rings. The number of Topliss-reactive ketones (excluding diaryl/α,β-unsaturated/α-hetero) is 1. The van der Waals surface area contributed by atoms with Gasteiger partial charge in [-0.2, -0.15) is 39.5 Å². The van der Waals surface area contributed by atoms with Gasteiger partial charge in [0, 0.05) is 23.1 Å². The number of alkyl halides is 9. The van der Waals surface area contributed by atoms with Crippen molar-refractivity contribution in [1.29, 1.82) is 0 Å². The highest BCUT2D eigenvalue weighted by Gasteiger charge is 2.41. The number of benzene rings is 2. The molecule has 2 rings (SSSR count). The van der Waals surface area contributed by atoms with E-state index < -0.39 is 103 Å².